The second kappa shape index (κ2) is 3.70. The largest absolute Gasteiger partial charge is 0.502 e. The molecule has 1 aliphatic rings. The predicted octanol–water partition coefficient (Wildman–Crippen LogP) is 0.701. The Morgan fingerprint density at radius 2 is 2.00 bits per heavy atom. The summed E-state index contributed by atoms with van der Waals surface area (Å²) < 4.78 is 13.2. The maximum Gasteiger partial charge on any atom is 0.358 e. The molecule has 3 N–H and O–H groups in total. The minimum Gasteiger partial charge on any atom is -0.502 e. The van der Waals surface area contributed by atoms with Crippen LogP contribution in [0.4, 0.5) is 4.39 Å². The SMILES string of the molecule is O.O=C1C([N+](=O)[O-])=C(O)c2cccc(F)c21. The number of fused-ring (bicyclic) bond motifs is 1. The lowest BCUT2D eigenvalue weighted by Crippen LogP contribution is -2.09. The van der Waals surface area contributed by atoms with Crippen LogP contribution < -0.4 is 0 Å². The first kappa shape index (κ1) is 11.8. The van der Waals surface area contributed by atoms with E-state index >= 15 is 0 Å². The molecule has 0 spiro atoms. The lowest BCUT2D eigenvalue weighted by atomic mass is 10.1. The summed E-state index contributed by atoms with van der Waals surface area (Å²) in [6.45, 7) is 0. The zero-order valence-electron chi connectivity index (χ0n) is 7.73. The normalized spacial score (nSPS) is 13.4. The molecule has 0 radical (unpaired) electrons. The molecule has 16 heavy (non-hydrogen) atoms. The highest BCUT2D eigenvalue weighted by Crippen LogP contribution is 2.32. The first-order valence-corrected chi connectivity index (χ1v) is 3.95. The van der Waals surface area contributed by atoms with E-state index in [1.54, 1.807) is 0 Å². The van der Waals surface area contributed by atoms with Crippen LogP contribution in [0.2, 0.25) is 0 Å². The average Bonchev–Trinajstić information content (AvgIpc) is 2.40. The fourth-order valence-corrected chi connectivity index (χ4v) is 1.48. The third-order valence-corrected chi connectivity index (χ3v) is 2.12. The molecule has 1 aromatic carbocycles. The van der Waals surface area contributed by atoms with Gasteiger partial charge in [0, 0.05) is 5.56 Å². The number of nitrogens with zero attached hydrogens (tertiary/aromatic N) is 1. The van der Waals surface area contributed by atoms with Crippen LogP contribution in [-0.2, 0) is 0 Å². The highest BCUT2D eigenvalue weighted by molar-refractivity contribution is 6.17. The molecule has 7 heteroatoms. The van der Waals surface area contributed by atoms with Gasteiger partial charge in [-0.3, -0.25) is 14.9 Å². The lowest BCUT2D eigenvalue weighted by molar-refractivity contribution is -0.416. The molecule has 1 aliphatic carbocycles. The van der Waals surface area contributed by atoms with Crippen LogP contribution in [0, 0.1) is 15.9 Å². The van der Waals surface area contributed by atoms with Crippen LogP contribution >= 0.6 is 0 Å². The van der Waals surface area contributed by atoms with Gasteiger partial charge in [0.15, 0.2) is 0 Å². The summed E-state index contributed by atoms with van der Waals surface area (Å²) in [5.74, 6) is -2.74. The van der Waals surface area contributed by atoms with Crippen molar-refractivity contribution < 1.29 is 24.7 Å². The minimum atomic E-state index is -1.09. The van der Waals surface area contributed by atoms with Gasteiger partial charge in [-0.2, -0.15) is 0 Å². The van der Waals surface area contributed by atoms with Crippen LogP contribution in [0.25, 0.3) is 5.76 Å². The molecule has 2 rings (SSSR count). The molecule has 0 heterocycles. The van der Waals surface area contributed by atoms with Gasteiger partial charge in [-0.1, -0.05) is 12.1 Å². The Kier molecular flexibility index (Phi) is 2.73. The number of aliphatic hydroxyl groups excluding tert-OH is 1. The number of aliphatic hydroxyl groups is 1. The molecule has 0 atom stereocenters. The second-order valence-electron chi connectivity index (χ2n) is 2.95. The van der Waals surface area contributed by atoms with Gasteiger partial charge in [-0.05, 0) is 6.07 Å². The van der Waals surface area contributed by atoms with E-state index in [9.17, 15) is 24.4 Å². The number of Topliss-reactive ketones (excluding diaryl/α,β-unsaturated/α-hetero) is 1. The van der Waals surface area contributed by atoms with Crippen LogP contribution in [0.1, 0.15) is 15.9 Å². The van der Waals surface area contributed by atoms with Crippen molar-refractivity contribution in [2.24, 2.45) is 0 Å². The molecule has 0 aromatic heterocycles. The Labute approximate surface area is 88.1 Å². The summed E-state index contributed by atoms with van der Waals surface area (Å²) in [7, 11) is 0. The number of ketones is 1. The first-order valence-electron chi connectivity index (χ1n) is 3.95. The Hall–Kier alpha value is -2.28. The average molecular weight is 227 g/mol. The summed E-state index contributed by atoms with van der Waals surface area (Å²) in [4.78, 5) is 20.8. The molecule has 84 valence electrons. The van der Waals surface area contributed by atoms with E-state index < -0.39 is 33.5 Å². The Balaban J connectivity index is 0.00000128. The van der Waals surface area contributed by atoms with Crippen molar-refractivity contribution in [2.75, 3.05) is 0 Å². The third-order valence-electron chi connectivity index (χ3n) is 2.12. The molecule has 6 nitrogen and oxygen atoms in total. The first-order chi connectivity index (χ1) is 7.04. The monoisotopic (exact) mass is 227 g/mol. The van der Waals surface area contributed by atoms with Crippen molar-refractivity contribution in [3.63, 3.8) is 0 Å². The molecule has 0 unspecified atom stereocenters. The summed E-state index contributed by atoms with van der Waals surface area (Å²) in [5, 5.41) is 19.8. The summed E-state index contributed by atoms with van der Waals surface area (Å²) in [6.07, 6.45) is 0. The van der Waals surface area contributed by atoms with Crippen molar-refractivity contribution in [3.8, 4) is 0 Å². The van der Waals surface area contributed by atoms with E-state index in [2.05, 4.69) is 0 Å². The number of carbonyl (C=O) groups excluding carboxylic acids is 1. The van der Waals surface area contributed by atoms with E-state index in [1.165, 1.54) is 12.1 Å². The molecule has 0 amide bonds. The number of carbonyl (C=O) groups is 1. The maximum atomic E-state index is 13.2. The molecule has 0 aliphatic heterocycles. The van der Waals surface area contributed by atoms with Crippen molar-refractivity contribution in [2.45, 2.75) is 0 Å². The second-order valence-corrected chi connectivity index (χ2v) is 2.95. The molecular weight excluding hydrogens is 221 g/mol. The number of rotatable bonds is 1. The van der Waals surface area contributed by atoms with Crippen LogP contribution in [-0.4, -0.2) is 21.3 Å². The Morgan fingerprint density at radius 3 is 2.50 bits per heavy atom. The van der Waals surface area contributed by atoms with E-state index in [0.717, 1.165) is 6.07 Å². The number of hydrogen-bond donors (Lipinski definition) is 1. The van der Waals surface area contributed by atoms with E-state index in [1.807, 2.05) is 0 Å². The fraction of sp³-hybridized carbons (Fsp3) is 0. The summed E-state index contributed by atoms with van der Waals surface area (Å²) in [6, 6.07) is 3.52. The Bertz CT molecular complexity index is 523. The van der Waals surface area contributed by atoms with Gasteiger partial charge in [-0.15, -0.1) is 0 Å². The van der Waals surface area contributed by atoms with Crippen molar-refractivity contribution in [1.82, 2.24) is 0 Å². The molecule has 1 aromatic rings. The van der Waals surface area contributed by atoms with Crippen molar-refractivity contribution >= 4 is 11.5 Å². The Morgan fingerprint density at radius 1 is 1.38 bits per heavy atom. The zero-order valence-corrected chi connectivity index (χ0v) is 7.73. The quantitative estimate of drug-likeness (QED) is 0.561. The third kappa shape index (κ3) is 1.34. The fourth-order valence-electron chi connectivity index (χ4n) is 1.48. The van der Waals surface area contributed by atoms with Gasteiger partial charge in [0.05, 0.1) is 10.5 Å². The van der Waals surface area contributed by atoms with Crippen molar-refractivity contribution in [3.05, 3.63) is 51.0 Å². The standard InChI is InChI=1S/C9H4FNO4.H2O/c10-5-3-1-2-4-6(5)9(13)7(8(4)12)11(14)15;/h1-3,12H;1H2. The number of halogens is 1. The van der Waals surface area contributed by atoms with Crippen molar-refractivity contribution in [1.29, 1.82) is 0 Å². The summed E-state index contributed by atoms with van der Waals surface area (Å²) >= 11 is 0. The molecule has 0 bridgehead atoms. The predicted molar refractivity (Wildman–Crippen MR) is 50.9 cm³/mol. The molecule has 0 saturated carbocycles. The number of hydrogen-bond acceptors (Lipinski definition) is 4. The maximum absolute atomic E-state index is 13.2. The van der Waals surface area contributed by atoms with Gasteiger partial charge >= 0.3 is 5.70 Å². The topological polar surface area (TPSA) is 112 Å². The smallest absolute Gasteiger partial charge is 0.358 e. The van der Waals surface area contributed by atoms with Crippen LogP contribution in [0.3, 0.4) is 0 Å². The van der Waals surface area contributed by atoms with E-state index in [4.69, 9.17) is 0 Å². The van der Waals surface area contributed by atoms with Crippen LogP contribution in [0.15, 0.2) is 23.9 Å². The van der Waals surface area contributed by atoms with Gasteiger partial charge in [0.2, 0.25) is 5.76 Å². The molecule has 0 fully saturated rings. The number of allylic oxidation sites excluding steroid dienone is 1. The number of nitro groups is 1. The van der Waals surface area contributed by atoms with Gasteiger partial charge < -0.3 is 10.6 Å². The van der Waals surface area contributed by atoms with E-state index in [-0.39, 0.29) is 11.0 Å². The zero-order chi connectivity index (χ0) is 11.2. The van der Waals surface area contributed by atoms with Gasteiger partial charge in [0.25, 0.3) is 5.78 Å². The highest BCUT2D eigenvalue weighted by atomic mass is 19.1. The van der Waals surface area contributed by atoms with Crippen LogP contribution in [0.5, 0.6) is 0 Å². The molecule has 0 saturated heterocycles. The van der Waals surface area contributed by atoms with E-state index in [0.29, 0.717) is 0 Å². The lowest BCUT2D eigenvalue weighted by Gasteiger charge is -1.96. The van der Waals surface area contributed by atoms with Gasteiger partial charge in [-0.25, -0.2) is 4.39 Å². The number of benzene rings is 1. The highest BCUT2D eigenvalue weighted by Gasteiger charge is 2.40. The minimum absolute atomic E-state index is 0. The summed E-state index contributed by atoms with van der Waals surface area (Å²) in [5.41, 5.74) is -1.55. The van der Waals surface area contributed by atoms with Gasteiger partial charge in [0.1, 0.15) is 5.82 Å². The molecular formula is C9H6FNO5.